The minimum absolute atomic E-state index is 0.432. The van der Waals surface area contributed by atoms with Crippen molar-refractivity contribution in [3.63, 3.8) is 0 Å². The smallest absolute Gasteiger partial charge is 0.0437 e. The summed E-state index contributed by atoms with van der Waals surface area (Å²) < 4.78 is 0. The average molecular weight is 681 g/mol. The highest BCUT2D eigenvalue weighted by atomic mass is 14.4. The number of hydrogen-bond acceptors (Lipinski definition) is 0. The second-order valence-corrected chi connectivity index (χ2v) is 15.6. The minimum atomic E-state index is -0.432. The average Bonchev–Trinajstić information content (AvgIpc) is 3.23. The van der Waals surface area contributed by atoms with Crippen molar-refractivity contribution in [2.45, 2.75) is 11.8 Å². The Balaban J connectivity index is 1.13. The van der Waals surface area contributed by atoms with E-state index in [0.717, 1.165) is 6.42 Å². The number of allylic oxidation sites excluding steroid dienone is 4. The Morgan fingerprint density at radius 3 is 1.13 bits per heavy atom. The summed E-state index contributed by atoms with van der Waals surface area (Å²) in [6, 6.07) is 62.4. The molecule has 0 fully saturated rings. The summed E-state index contributed by atoms with van der Waals surface area (Å²) >= 11 is 0. The summed E-state index contributed by atoms with van der Waals surface area (Å²) in [4.78, 5) is 0. The molecule has 0 aromatic heterocycles. The predicted octanol–water partition coefficient (Wildman–Crippen LogP) is 14.7. The molecule has 248 valence electrons. The van der Waals surface area contributed by atoms with Crippen LogP contribution in [0.15, 0.2) is 182 Å². The molecule has 0 aliphatic heterocycles. The Morgan fingerprint density at radius 1 is 0.315 bits per heavy atom. The van der Waals surface area contributed by atoms with E-state index < -0.39 is 5.41 Å². The van der Waals surface area contributed by atoms with E-state index in [2.05, 4.69) is 182 Å². The molecule has 1 aliphatic rings. The molecular weight excluding hydrogens is 649 g/mol. The summed E-state index contributed by atoms with van der Waals surface area (Å²) in [5, 5.41) is 23.9. The minimum Gasteiger partial charge on any atom is -0.0692 e. The van der Waals surface area contributed by atoms with Crippen LogP contribution in [0, 0.1) is 0 Å². The molecule has 0 nitrogen and oxygen atoms in total. The molecular formula is C54H32. The highest BCUT2D eigenvalue weighted by Gasteiger charge is 2.38. The van der Waals surface area contributed by atoms with Crippen LogP contribution in [0.4, 0.5) is 0 Å². The van der Waals surface area contributed by atoms with Gasteiger partial charge in [0.05, 0.1) is 0 Å². The third-order valence-electron chi connectivity index (χ3n) is 13.0. The van der Waals surface area contributed by atoms with Crippen molar-refractivity contribution in [2.75, 3.05) is 0 Å². The zero-order valence-electron chi connectivity index (χ0n) is 29.5. The van der Waals surface area contributed by atoms with Crippen LogP contribution in [0.2, 0.25) is 0 Å². The SMILES string of the molecule is C1=CC(c2ccc3ccc4cccc5ccc2c3c45)(c2ccc3ccc4cccc5ccc2c3c45)CC(c2ccc3ccc4cccc5ccc2c3c45)=C1. The summed E-state index contributed by atoms with van der Waals surface area (Å²) in [5.41, 5.74) is 4.99. The number of rotatable bonds is 3. The van der Waals surface area contributed by atoms with Gasteiger partial charge < -0.3 is 0 Å². The van der Waals surface area contributed by atoms with Crippen molar-refractivity contribution in [3.8, 4) is 0 Å². The maximum absolute atomic E-state index is 2.52. The highest BCUT2D eigenvalue weighted by molar-refractivity contribution is 6.27. The molecule has 0 bridgehead atoms. The Bertz CT molecular complexity index is 3380. The van der Waals surface area contributed by atoms with Crippen LogP contribution in [0.5, 0.6) is 0 Å². The zero-order chi connectivity index (χ0) is 35.1. The first kappa shape index (κ1) is 28.8. The van der Waals surface area contributed by atoms with Crippen LogP contribution in [-0.4, -0.2) is 0 Å². The van der Waals surface area contributed by atoms with Gasteiger partial charge >= 0.3 is 0 Å². The van der Waals surface area contributed by atoms with E-state index in [0.29, 0.717) is 0 Å². The molecule has 0 atom stereocenters. The maximum atomic E-state index is 2.52. The van der Waals surface area contributed by atoms with Gasteiger partial charge in [-0.25, -0.2) is 0 Å². The first-order valence-corrected chi connectivity index (χ1v) is 19.1. The molecule has 12 aromatic rings. The van der Waals surface area contributed by atoms with Crippen molar-refractivity contribution in [2.24, 2.45) is 0 Å². The van der Waals surface area contributed by atoms with E-state index in [9.17, 15) is 0 Å². The molecule has 13 rings (SSSR count). The van der Waals surface area contributed by atoms with E-state index in [1.165, 1.54) is 119 Å². The maximum Gasteiger partial charge on any atom is 0.0437 e. The zero-order valence-corrected chi connectivity index (χ0v) is 29.5. The number of benzene rings is 12. The van der Waals surface area contributed by atoms with Crippen LogP contribution in [0.25, 0.3) is 103 Å². The fourth-order valence-electron chi connectivity index (χ4n) is 10.7. The van der Waals surface area contributed by atoms with Gasteiger partial charge in [0.1, 0.15) is 0 Å². The highest BCUT2D eigenvalue weighted by Crippen LogP contribution is 2.52. The largest absolute Gasteiger partial charge is 0.0692 e. The second-order valence-electron chi connectivity index (χ2n) is 15.6. The second kappa shape index (κ2) is 10.2. The van der Waals surface area contributed by atoms with Gasteiger partial charge in [-0.2, -0.15) is 0 Å². The molecule has 0 heterocycles. The molecule has 0 saturated heterocycles. The van der Waals surface area contributed by atoms with Gasteiger partial charge in [0, 0.05) is 5.41 Å². The molecule has 1 aliphatic carbocycles. The predicted molar refractivity (Wildman–Crippen MR) is 233 cm³/mol. The Morgan fingerprint density at radius 2 is 0.667 bits per heavy atom. The van der Waals surface area contributed by atoms with E-state index in [1.54, 1.807) is 0 Å². The molecule has 0 saturated carbocycles. The summed E-state index contributed by atoms with van der Waals surface area (Å²) in [6.07, 6.45) is 8.11. The van der Waals surface area contributed by atoms with E-state index in [4.69, 9.17) is 0 Å². The van der Waals surface area contributed by atoms with E-state index in [-0.39, 0.29) is 0 Å². The van der Waals surface area contributed by atoms with Crippen molar-refractivity contribution < 1.29 is 0 Å². The third-order valence-corrected chi connectivity index (χ3v) is 13.0. The monoisotopic (exact) mass is 680 g/mol. The van der Waals surface area contributed by atoms with Gasteiger partial charge in [-0.15, -0.1) is 0 Å². The summed E-state index contributed by atoms with van der Waals surface area (Å²) in [6.45, 7) is 0. The number of hydrogen-bond donors (Lipinski definition) is 0. The fraction of sp³-hybridized carbons (Fsp3) is 0.0370. The van der Waals surface area contributed by atoms with Crippen molar-refractivity contribution >= 4 is 103 Å². The lowest BCUT2D eigenvalue weighted by atomic mass is 9.64. The lowest BCUT2D eigenvalue weighted by Crippen LogP contribution is -2.28. The van der Waals surface area contributed by atoms with Gasteiger partial charge in [0.25, 0.3) is 0 Å². The molecule has 0 radical (unpaired) electrons. The van der Waals surface area contributed by atoms with Gasteiger partial charge in [-0.05, 0) is 126 Å². The first-order chi connectivity index (χ1) is 26.7. The van der Waals surface area contributed by atoms with Crippen LogP contribution < -0.4 is 0 Å². The first-order valence-electron chi connectivity index (χ1n) is 19.1. The van der Waals surface area contributed by atoms with Crippen molar-refractivity contribution in [1.29, 1.82) is 0 Å². The van der Waals surface area contributed by atoms with E-state index in [1.807, 2.05) is 0 Å². The van der Waals surface area contributed by atoms with Crippen LogP contribution >= 0.6 is 0 Å². The topological polar surface area (TPSA) is 0 Å². The van der Waals surface area contributed by atoms with Gasteiger partial charge in [-0.1, -0.05) is 182 Å². The molecule has 0 heteroatoms. The van der Waals surface area contributed by atoms with Crippen molar-refractivity contribution in [1.82, 2.24) is 0 Å². The molecule has 12 aromatic carbocycles. The van der Waals surface area contributed by atoms with Gasteiger partial charge in [0.2, 0.25) is 0 Å². The van der Waals surface area contributed by atoms with Crippen molar-refractivity contribution in [3.05, 3.63) is 199 Å². The Labute approximate surface area is 311 Å². The molecule has 0 spiro atoms. The fourth-order valence-corrected chi connectivity index (χ4v) is 10.7. The van der Waals surface area contributed by atoms with Crippen LogP contribution in [0.3, 0.4) is 0 Å². The molecule has 0 amide bonds. The standard InChI is InChI=1S/C54H32/c1-5-32-12-15-38-18-24-42(43-25-19-35(8-1)48(32)51(38)43)41-11-4-30-54(31-41,46-28-22-39-16-13-33-6-2-9-36-20-26-44(46)52(39)49(33)36)47-29-23-40-17-14-34-7-3-10-37-21-27-45(47)53(40)50(34)37/h1-30H,31H2. The van der Waals surface area contributed by atoms with E-state index >= 15 is 0 Å². The molecule has 54 heavy (non-hydrogen) atoms. The molecule has 0 unspecified atom stereocenters. The van der Waals surface area contributed by atoms with Crippen LogP contribution in [0.1, 0.15) is 23.1 Å². The molecule has 0 N–H and O–H groups in total. The Kier molecular flexibility index (Phi) is 5.45. The van der Waals surface area contributed by atoms with Gasteiger partial charge in [0.15, 0.2) is 0 Å². The normalized spacial score (nSPS) is 14.8. The third kappa shape index (κ3) is 3.63. The lowest BCUT2D eigenvalue weighted by molar-refractivity contribution is 0.670. The Hall–Kier alpha value is -6.76. The van der Waals surface area contributed by atoms with Crippen LogP contribution in [-0.2, 0) is 5.41 Å². The van der Waals surface area contributed by atoms with Gasteiger partial charge in [-0.3, -0.25) is 0 Å². The lowest BCUT2D eigenvalue weighted by Gasteiger charge is -2.38. The quantitative estimate of drug-likeness (QED) is 0.163. The summed E-state index contributed by atoms with van der Waals surface area (Å²) in [7, 11) is 0. The summed E-state index contributed by atoms with van der Waals surface area (Å²) in [5.74, 6) is 0.